The van der Waals surface area contributed by atoms with E-state index in [4.69, 9.17) is 10.00 Å². The highest BCUT2D eigenvalue weighted by Crippen LogP contribution is 2.32. The molecule has 0 aromatic heterocycles. The number of thioether (sulfide) groups is 1. The highest BCUT2D eigenvalue weighted by atomic mass is 32.2. The molecule has 0 amide bonds. The number of nitrogens with zero attached hydrogens (tertiary/aromatic N) is 2. The first-order valence-electron chi connectivity index (χ1n) is 5.30. The van der Waals surface area contributed by atoms with Gasteiger partial charge < -0.3 is 4.74 Å². The molecular weight excluding hydrogens is 234 g/mol. The van der Waals surface area contributed by atoms with Crippen LogP contribution in [0.25, 0.3) is 0 Å². The third kappa shape index (κ3) is 2.71. The molecule has 0 spiro atoms. The summed E-state index contributed by atoms with van der Waals surface area (Å²) in [4.78, 5) is 4.36. The Bertz CT molecular complexity index is 493. The van der Waals surface area contributed by atoms with Crippen molar-refractivity contribution < 1.29 is 4.74 Å². The molecule has 4 nitrogen and oxygen atoms in total. The molecule has 17 heavy (non-hydrogen) atoms. The fourth-order valence-corrected chi connectivity index (χ4v) is 2.11. The van der Waals surface area contributed by atoms with Gasteiger partial charge in [0.25, 0.3) is 0 Å². The first kappa shape index (κ1) is 11.8. The maximum absolute atomic E-state index is 8.56. The number of amidine groups is 1. The Hall–Kier alpha value is -1.67. The largest absolute Gasteiger partial charge is 0.490 e. The lowest BCUT2D eigenvalue weighted by atomic mass is 10.1. The first-order valence-corrected chi connectivity index (χ1v) is 6.52. The van der Waals surface area contributed by atoms with Crippen molar-refractivity contribution in [3.8, 4) is 11.9 Å². The number of hydrogen-bond donors (Lipinski definition) is 1. The molecule has 1 N–H and O–H groups in total. The Labute approximate surface area is 105 Å². The van der Waals surface area contributed by atoms with E-state index in [1.54, 1.807) is 0 Å². The smallest absolute Gasteiger partial charge is 0.183 e. The van der Waals surface area contributed by atoms with Crippen molar-refractivity contribution >= 4 is 22.6 Å². The number of nitriles is 1. The predicted molar refractivity (Wildman–Crippen MR) is 69.6 cm³/mol. The molecule has 1 aromatic rings. The van der Waals surface area contributed by atoms with E-state index in [2.05, 4.69) is 10.3 Å². The van der Waals surface area contributed by atoms with E-state index in [1.165, 1.54) is 17.3 Å². The average Bonchev–Trinajstić information content (AvgIpc) is 2.68. The quantitative estimate of drug-likeness (QED) is 0.358. The zero-order valence-electron chi connectivity index (χ0n) is 9.73. The molecule has 0 radical (unpaired) electrons. The second-order valence-corrected chi connectivity index (χ2v) is 4.58. The van der Waals surface area contributed by atoms with Gasteiger partial charge in [-0.1, -0.05) is 11.8 Å². The Kier molecular flexibility index (Phi) is 3.55. The summed E-state index contributed by atoms with van der Waals surface area (Å²) in [5, 5.41) is 11.7. The third-order valence-corrected chi connectivity index (χ3v) is 3.05. The molecule has 1 aromatic carbocycles. The van der Waals surface area contributed by atoms with Gasteiger partial charge in [0.15, 0.2) is 11.4 Å². The van der Waals surface area contributed by atoms with Crippen molar-refractivity contribution in [2.75, 3.05) is 6.26 Å². The van der Waals surface area contributed by atoms with Crippen LogP contribution in [0.4, 0.5) is 5.69 Å². The maximum atomic E-state index is 8.56. The minimum atomic E-state index is 0.237. The molecule has 0 bridgehead atoms. The number of hydrogen-bond acceptors (Lipinski definition) is 4. The van der Waals surface area contributed by atoms with Gasteiger partial charge in [-0.2, -0.15) is 5.26 Å². The van der Waals surface area contributed by atoms with E-state index < -0.39 is 0 Å². The van der Waals surface area contributed by atoms with Crippen LogP contribution in [0, 0.1) is 11.5 Å². The minimum absolute atomic E-state index is 0.237. The van der Waals surface area contributed by atoms with E-state index >= 15 is 0 Å². The average molecular weight is 247 g/mol. The molecule has 1 unspecified atom stereocenters. The molecule has 1 aliphatic rings. The number of aliphatic imine (C=N–C) groups is 1. The predicted octanol–water partition coefficient (Wildman–Crippen LogP) is 2.43. The van der Waals surface area contributed by atoms with Crippen LogP contribution in [0.5, 0.6) is 5.75 Å². The zero-order chi connectivity index (χ0) is 12.3. The van der Waals surface area contributed by atoms with Crippen LogP contribution in [-0.4, -0.2) is 17.5 Å². The Morgan fingerprint density at radius 2 is 2.47 bits per heavy atom. The molecule has 5 heteroatoms. The summed E-state index contributed by atoms with van der Waals surface area (Å²) in [6.45, 7) is 2.05. The van der Waals surface area contributed by atoms with Gasteiger partial charge in [0.2, 0.25) is 0 Å². The normalized spacial score (nSPS) is 18.2. The van der Waals surface area contributed by atoms with Crippen LogP contribution in [0.1, 0.15) is 12.5 Å². The van der Waals surface area contributed by atoms with Crippen molar-refractivity contribution in [3.05, 3.63) is 23.8 Å². The van der Waals surface area contributed by atoms with Gasteiger partial charge in [-0.15, -0.1) is 0 Å². The SMILES string of the molecule is CSC(=Nc1ccc2c(c1)CC(C)O2)NC#N. The molecule has 0 saturated heterocycles. The standard InChI is InChI=1S/C12H13N3OS/c1-8-5-9-6-10(3-4-11(9)16-8)15-12(17-2)14-7-13/h3-4,6,8H,5H2,1-2H3,(H,14,15). The zero-order valence-corrected chi connectivity index (χ0v) is 10.5. The molecule has 0 fully saturated rings. The van der Waals surface area contributed by atoms with Crippen molar-refractivity contribution in [2.45, 2.75) is 19.4 Å². The number of fused-ring (bicyclic) bond motifs is 1. The highest BCUT2D eigenvalue weighted by molar-refractivity contribution is 8.13. The van der Waals surface area contributed by atoms with Crippen molar-refractivity contribution in [2.24, 2.45) is 4.99 Å². The van der Waals surface area contributed by atoms with Crippen LogP contribution in [0.15, 0.2) is 23.2 Å². The molecular formula is C12H13N3OS. The van der Waals surface area contributed by atoms with Gasteiger partial charge in [0, 0.05) is 6.42 Å². The molecule has 1 aliphatic heterocycles. The van der Waals surface area contributed by atoms with Crippen LogP contribution in [0.2, 0.25) is 0 Å². The second kappa shape index (κ2) is 5.11. The van der Waals surface area contributed by atoms with Gasteiger partial charge >= 0.3 is 0 Å². The van der Waals surface area contributed by atoms with Gasteiger partial charge in [-0.3, -0.25) is 5.32 Å². The molecule has 0 saturated carbocycles. The first-order chi connectivity index (χ1) is 8.22. The van der Waals surface area contributed by atoms with Crippen molar-refractivity contribution in [1.82, 2.24) is 5.32 Å². The molecule has 2 rings (SSSR count). The van der Waals surface area contributed by atoms with E-state index in [0.29, 0.717) is 5.17 Å². The van der Waals surface area contributed by atoms with Gasteiger partial charge in [0.05, 0.1) is 5.69 Å². The van der Waals surface area contributed by atoms with Crippen molar-refractivity contribution in [1.29, 1.82) is 5.26 Å². The lowest BCUT2D eigenvalue weighted by Gasteiger charge is -2.03. The van der Waals surface area contributed by atoms with Gasteiger partial charge in [0.1, 0.15) is 11.9 Å². The molecule has 1 atom stereocenters. The van der Waals surface area contributed by atoms with Crippen LogP contribution in [-0.2, 0) is 6.42 Å². The van der Waals surface area contributed by atoms with Crippen LogP contribution >= 0.6 is 11.8 Å². The summed E-state index contributed by atoms with van der Waals surface area (Å²) in [5.74, 6) is 0.940. The summed E-state index contributed by atoms with van der Waals surface area (Å²) in [5.41, 5.74) is 2.02. The van der Waals surface area contributed by atoms with Gasteiger partial charge in [-0.25, -0.2) is 4.99 Å². The lowest BCUT2D eigenvalue weighted by molar-refractivity contribution is 0.254. The highest BCUT2D eigenvalue weighted by Gasteiger charge is 2.18. The van der Waals surface area contributed by atoms with E-state index in [0.717, 1.165) is 17.9 Å². The van der Waals surface area contributed by atoms with Crippen LogP contribution in [0.3, 0.4) is 0 Å². The van der Waals surface area contributed by atoms with E-state index in [-0.39, 0.29) is 6.10 Å². The monoisotopic (exact) mass is 247 g/mol. The fraction of sp³-hybridized carbons (Fsp3) is 0.333. The Morgan fingerprint density at radius 1 is 1.65 bits per heavy atom. The molecule has 0 aliphatic carbocycles. The Morgan fingerprint density at radius 3 is 3.18 bits per heavy atom. The minimum Gasteiger partial charge on any atom is -0.490 e. The Balaban J connectivity index is 2.24. The van der Waals surface area contributed by atoms with Crippen LogP contribution < -0.4 is 10.1 Å². The number of ether oxygens (including phenoxy) is 1. The van der Waals surface area contributed by atoms with Gasteiger partial charge in [-0.05, 0) is 36.9 Å². The summed E-state index contributed by atoms with van der Waals surface area (Å²) < 4.78 is 5.62. The summed E-state index contributed by atoms with van der Waals surface area (Å²) in [6.07, 6.45) is 4.90. The summed E-state index contributed by atoms with van der Waals surface area (Å²) >= 11 is 1.41. The second-order valence-electron chi connectivity index (χ2n) is 3.78. The summed E-state index contributed by atoms with van der Waals surface area (Å²) in [7, 11) is 0. The van der Waals surface area contributed by atoms with E-state index in [9.17, 15) is 0 Å². The summed E-state index contributed by atoms with van der Waals surface area (Å²) in [6, 6.07) is 5.84. The molecule has 88 valence electrons. The number of benzene rings is 1. The fourth-order valence-electron chi connectivity index (χ4n) is 1.77. The third-order valence-electron chi connectivity index (χ3n) is 2.47. The number of rotatable bonds is 1. The number of nitrogens with one attached hydrogen (secondary N) is 1. The molecule has 1 heterocycles. The maximum Gasteiger partial charge on any atom is 0.183 e. The van der Waals surface area contributed by atoms with Crippen molar-refractivity contribution in [3.63, 3.8) is 0 Å². The van der Waals surface area contributed by atoms with E-state index in [1.807, 2.05) is 37.6 Å². The lowest BCUT2D eigenvalue weighted by Crippen LogP contribution is -2.12. The topological polar surface area (TPSA) is 57.4 Å².